The van der Waals surface area contributed by atoms with Gasteiger partial charge in [0.25, 0.3) is 5.56 Å². The molecule has 3 N–H and O–H groups in total. The quantitative estimate of drug-likeness (QED) is 0.801. The summed E-state index contributed by atoms with van der Waals surface area (Å²) in [7, 11) is 0. The van der Waals surface area contributed by atoms with Gasteiger partial charge in [-0.25, -0.2) is 4.98 Å². The number of nitrogens with two attached hydrogens (primary N) is 1. The number of hydrogen-bond donors (Lipinski definition) is 2. The van der Waals surface area contributed by atoms with Gasteiger partial charge in [0.1, 0.15) is 11.6 Å². The SMILES string of the molecule is CCc1nc(N2CC(N)(C(C)C)C2)cc(=O)[nH]1. The lowest BCUT2D eigenvalue weighted by atomic mass is 9.80. The zero-order valence-electron chi connectivity index (χ0n) is 10.7. The maximum atomic E-state index is 11.5. The van der Waals surface area contributed by atoms with Crippen LogP contribution in [0.5, 0.6) is 0 Å². The largest absolute Gasteiger partial charge is 0.353 e. The normalized spacial score (nSPS) is 18.3. The predicted octanol–water partition coefficient (Wildman–Crippen LogP) is 0.506. The number of hydrogen-bond acceptors (Lipinski definition) is 4. The van der Waals surface area contributed by atoms with Gasteiger partial charge >= 0.3 is 0 Å². The fourth-order valence-electron chi connectivity index (χ4n) is 2.02. The number of aryl methyl sites for hydroxylation is 1. The summed E-state index contributed by atoms with van der Waals surface area (Å²) >= 11 is 0. The molecule has 0 amide bonds. The summed E-state index contributed by atoms with van der Waals surface area (Å²) in [5.74, 6) is 1.91. The van der Waals surface area contributed by atoms with Gasteiger partial charge in [-0.1, -0.05) is 20.8 Å². The van der Waals surface area contributed by atoms with Gasteiger partial charge in [-0.15, -0.1) is 0 Å². The molecule has 0 saturated carbocycles. The second-order valence-electron chi connectivity index (χ2n) is 5.15. The lowest BCUT2D eigenvalue weighted by Gasteiger charge is -2.50. The van der Waals surface area contributed by atoms with Gasteiger partial charge in [-0.05, 0) is 5.92 Å². The van der Waals surface area contributed by atoms with Crippen molar-refractivity contribution in [1.29, 1.82) is 0 Å². The molecule has 5 nitrogen and oxygen atoms in total. The van der Waals surface area contributed by atoms with Crippen LogP contribution in [0.15, 0.2) is 10.9 Å². The van der Waals surface area contributed by atoms with E-state index in [1.54, 1.807) is 6.07 Å². The topological polar surface area (TPSA) is 75.0 Å². The van der Waals surface area contributed by atoms with Crippen LogP contribution >= 0.6 is 0 Å². The van der Waals surface area contributed by atoms with Crippen LogP contribution in [-0.2, 0) is 6.42 Å². The van der Waals surface area contributed by atoms with Crippen LogP contribution in [0.4, 0.5) is 5.82 Å². The minimum absolute atomic E-state index is 0.0917. The van der Waals surface area contributed by atoms with Gasteiger partial charge in [0, 0.05) is 25.6 Å². The Labute approximate surface area is 101 Å². The summed E-state index contributed by atoms with van der Waals surface area (Å²) in [5.41, 5.74) is 5.99. The molecule has 5 heteroatoms. The Hall–Kier alpha value is -1.36. The monoisotopic (exact) mass is 236 g/mol. The molecule has 2 rings (SSSR count). The van der Waals surface area contributed by atoms with E-state index in [1.807, 2.05) is 6.92 Å². The highest BCUT2D eigenvalue weighted by molar-refractivity contribution is 5.44. The van der Waals surface area contributed by atoms with Gasteiger partial charge in [-0.3, -0.25) is 4.79 Å². The predicted molar refractivity (Wildman–Crippen MR) is 68.2 cm³/mol. The molecule has 0 radical (unpaired) electrons. The third-order valence-electron chi connectivity index (χ3n) is 3.56. The molecule has 2 heterocycles. The molecule has 0 bridgehead atoms. The average Bonchev–Trinajstić information content (AvgIpc) is 2.23. The van der Waals surface area contributed by atoms with Crippen molar-refractivity contribution in [2.45, 2.75) is 32.7 Å². The summed E-state index contributed by atoms with van der Waals surface area (Å²) in [6, 6.07) is 1.54. The first-order chi connectivity index (χ1) is 7.94. The molecule has 0 spiro atoms. The smallest absolute Gasteiger partial charge is 0.252 e. The van der Waals surface area contributed by atoms with E-state index in [0.29, 0.717) is 5.92 Å². The fourth-order valence-corrected chi connectivity index (χ4v) is 2.02. The second kappa shape index (κ2) is 4.14. The summed E-state index contributed by atoms with van der Waals surface area (Å²) in [5, 5.41) is 0. The lowest BCUT2D eigenvalue weighted by molar-refractivity contribution is 0.243. The Kier molecular flexibility index (Phi) is 2.95. The maximum Gasteiger partial charge on any atom is 0.252 e. The van der Waals surface area contributed by atoms with Gasteiger partial charge in [-0.2, -0.15) is 0 Å². The van der Waals surface area contributed by atoms with Crippen molar-refractivity contribution in [3.63, 3.8) is 0 Å². The van der Waals surface area contributed by atoms with E-state index in [4.69, 9.17) is 5.73 Å². The Morgan fingerprint density at radius 2 is 2.24 bits per heavy atom. The molecule has 0 aromatic carbocycles. The summed E-state index contributed by atoms with van der Waals surface area (Å²) in [6.45, 7) is 7.76. The number of aromatic nitrogens is 2. The van der Waals surface area contributed by atoms with Crippen molar-refractivity contribution >= 4 is 5.82 Å². The van der Waals surface area contributed by atoms with Crippen molar-refractivity contribution in [3.8, 4) is 0 Å². The Balaban J connectivity index is 2.16. The maximum absolute atomic E-state index is 11.5. The van der Waals surface area contributed by atoms with Crippen LogP contribution in [0, 0.1) is 5.92 Å². The zero-order chi connectivity index (χ0) is 12.6. The van der Waals surface area contributed by atoms with Crippen molar-refractivity contribution in [1.82, 2.24) is 9.97 Å². The molecule has 0 aliphatic carbocycles. The molecular weight excluding hydrogens is 216 g/mol. The number of nitrogens with zero attached hydrogens (tertiary/aromatic N) is 2. The fraction of sp³-hybridized carbons (Fsp3) is 0.667. The molecule has 1 saturated heterocycles. The molecule has 0 unspecified atom stereocenters. The zero-order valence-corrected chi connectivity index (χ0v) is 10.7. The van der Waals surface area contributed by atoms with Crippen molar-refractivity contribution < 1.29 is 0 Å². The summed E-state index contributed by atoms with van der Waals surface area (Å²) in [4.78, 5) is 20.7. The van der Waals surface area contributed by atoms with Crippen LogP contribution in [0.2, 0.25) is 0 Å². The molecular formula is C12H20N4O. The van der Waals surface area contributed by atoms with Gasteiger partial charge in [0.2, 0.25) is 0 Å². The van der Waals surface area contributed by atoms with Crippen LogP contribution in [0.1, 0.15) is 26.6 Å². The second-order valence-corrected chi connectivity index (χ2v) is 5.15. The van der Waals surface area contributed by atoms with E-state index in [9.17, 15) is 4.79 Å². The van der Waals surface area contributed by atoms with Gasteiger partial charge in [0.05, 0.1) is 5.54 Å². The highest BCUT2D eigenvalue weighted by atomic mass is 16.1. The highest BCUT2D eigenvalue weighted by Gasteiger charge is 2.42. The number of anilines is 1. The van der Waals surface area contributed by atoms with E-state index in [2.05, 4.69) is 28.7 Å². The number of aromatic amines is 1. The van der Waals surface area contributed by atoms with Crippen LogP contribution < -0.4 is 16.2 Å². The van der Waals surface area contributed by atoms with E-state index in [1.165, 1.54) is 0 Å². The molecule has 1 fully saturated rings. The Morgan fingerprint density at radius 1 is 1.59 bits per heavy atom. The first-order valence-corrected chi connectivity index (χ1v) is 6.08. The number of rotatable bonds is 3. The summed E-state index contributed by atoms with van der Waals surface area (Å²) in [6.07, 6.45) is 0.731. The van der Waals surface area contributed by atoms with Gasteiger partial charge in [0.15, 0.2) is 0 Å². The van der Waals surface area contributed by atoms with E-state index in [-0.39, 0.29) is 11.1 Å². The molecule has 1 aliphatic rings. The van der Waals surface area contributed by atoms with Gasteiger partial charge < -0.3 is 15.6 Å². The number of H-pyrrole nitrogens is 1. The van der Waals surface area contributed by atoms with Crippen molar-refractivity contribution in [2.24, 2.45) is 11.7 Å². The van der Waals surface area contributed by atoms with Crippen LogP contribution in [0.3, 0.4) is 0 Å². The van der Waals surface area contributed by atoms with Crippen molar-refractivity contribution in [2.75, 3.05) is 18.0 Å². The molecule has 1 aromatic rings. The molecule has 1 aliphatic heterocycles. The summed E-state index contributed by atoms with van der Waals surface area (Å²) < 4.78 is 0. The minimum atomic E-state index is -0.142. The highest BCUT2D eigenvalue weighted by Crippen LogP contribution is 2.29. The molecule has 1 aromatic heterocycles. The van der Waals surface area contributed by atoms with E-state index >= 15 is 0 Å². The van der Waals surface area contributed by atoms with E-state index in [0.717, 1.165) is 31.2 Å². The number of nitrogens with one attached hydrogen (secondary N) is 1. The molecule has 17 heavy (non-hydrogen) atoms. The molecule has 94 valence electrons. The molecule has 0 atom stereocenters. The van der Waals surface area contributed by atoms with Crippen LogP contribution in [-0.4, -0.2) is 28.6 Å². The Bertz CT molecular complexity index is 460. The van der Waals surface area contributed by atoms with Crippen molar-refractivity contribution in [3.05, 3.63) is 22.2 Å². The minimum Gasteiger partial charge on any atom is -0.353 e. The lowest BCUT2D eigenvalue weighted by Crippen LogP contribution is -2.70. The average molecular weight is 236 g/mol. The third kappa shape index (κ3) is 2.20. The first kappa shape index (κ1) is 12.1. The standard InChI is InChI=1S/C12H20N4O/c1-4-9-14-10(5-11(17)15-9)16-6-12(13,7-16)8(2)3/h5,8H,4,6-7,13H2,1-3H3,(H,14,15,17). The third-order valence-corrected chi connectivity index (χ3v) is 3.56. The van der Waals surface area contributed by atoms with E-state index < -0.39 is 0 Å². The van der Waals surface area contributed by atoms with Crippen LogP contribution in [0.25, 0.3) is 0 Å². The first-order valence-electron chi connectivity index (χ1n) is 6.08. The Morgan fingerprint density at radius 3 is 2.76 bits per heavy atom.